The van der Waals surface area contributed by atoms with Crippen LogP contribution in [0.5, 0.6) is 0 Å². The molecule has 0 N–H and O–H groups in total. The molecular formula is C27H22S2. The molecule has 2 heteroatoms. The Morgan fingerprint density at radius 2 is 0.966 bits per heavy atom. The van der Waals surface area contributed by atoms with Gasteiger partial charge >= 0.3 is 0 Å². The molecule has 0 radical (unpaired) electrons. The van der Waals surface area contributed by atoms with Crippen LogP contribution in [0.3, 0.4) is 0 Å². The van der Waals surface area contributed by atoms with Gasteiger partial charge < -0.3 is 0 Å². The fraction of sp³-hybridized carbons (Fsp3) is 0.111. The Morgan fingerprint density at radius 1 is 0.552 bits per heavy atom. The van der Waals surface area contributed by atoms with Crippen LogP contribution in [0.15, 0.2) is 94.7 Å². The predicted octanol–water partition coefficient (Wildman–Crippen LogP) is 7.24. The van der Waals surface area contributed by atoms with Gasteiger partial charge in [-0.25, -0.2) is 0 Å². The zero-order valence-electron chi connectivity index (χ0n) is 16.5. The Morgan fingerprint density at radius 3 is 1.38 bits per heavy atom. The lowest BCUT2D eigenvalue weighted by atomic mass is 9.67. The Kier molecular flexibility index (Phi) is 4.38. The minimum atomic E-state index is -0.355. The molecule has 0 aromatic heterocycles. The van der Waals surface area contributed by atoms with Gasteiger partial charge in [-0.05, 0) is 70.5 Å². The van der Waals surface area contributed by atoms with Crippen molar-refractivity contribution in [2.24, 2.45) is 0 Å². The van der Waals surface area contributed by atoms with Gasteiger partial charge in [-0.15, -0.1) is 25.3 Å². The van der Waals surface area contributed by atoms with E-state index in [0.29, 0.717) is 0 Å². The SMILES string of the molecule is Cc1cc(C2(c3ccc(S)c(C)c3)c3ccccc3-c3ccccc32)ccc1S. The fourth-order valence-corrected chi connectivity index (χ4v) is 5.08. The first-order chi connectivity index (χ1) is 14.0. The summed E-state index contributed by atoms with van der Waals surface area (Å²) >= 11 is 9.27. The van der Waals surface area contributed by atoms with Crippen LogP contribution in [0.1, 0.15) is 33.4 Å². The Balaban J connectivity index is 1.97. The minimum Gasteiger partial charge on any atom is -0.143 e. The highest BCUT2D eigenvalue weighted by Crippen LogP contribution is 2.56. The van der Waals surface area contributed by atoms with Gasteiger partial charge in [-0.3, -0.25) is 0 Å². The van der Waals surface area contributed by atoms with Gasteiger partial charge in [-0.1, -0.05) is 72.8 Å². The van der Waals surface area contributed by atoms with Crippen molar-refractivity contribution in [1.29, 1.82) is 0 Å². The van der Waals surface area contributed by atoms with Gasteiger partial charge in [0.25, 0.3) is 0 Å². The van der Waals surface area contributed by atoms with Crippen molar-refractivity contribution in [2.75, 3.05) is 0 Å². The molecule has 0 aliphatic heterocycles. The van der Waals surface area contributed by atoms with Crippen LogP contribution in [0.4, 0.5) is 0 Å². The molecule has 142 valence electrons. The van der Waals surface area contributed by atoms with Gasteiger partial charge in [0.2, 0.25) is 0 Å². The van der Waals surface area contributed by atoms with Crippen LogP contribution >= 0.6 is 25.3 Å². The summed E-state index contributed by atoms with van der Waals surface area (Å²) in [7, 11) is 0. The monoisotopic (exact) mass is 410 g/mol. The van der Waals surface area contributed by atoms with Crippen molar-refractivity contribution in [3.63, 3.8) is 0 Å². The molecule has 0 spiro atoms. The zero-order chi connectivity index (χ0) is 20.2. The molecule has 0 amide bonds. The first kappa shape index (κ1) is 18.6. The van der Waals surface area contributed by atoms with Crippen molar-refractivity contribution >= 4 is 25.3 Å². The molecule has 0 nitrogen and oxygen atoms in total. The quantitative estimate of drug-likeness (QED) is 0.281. The van der Waals surface area contributed by atoms with E-state index < -0.39 is 0 Å². The van der Waals surface area contributed by atoms with Crippen LogP contribution in [-0.4, -0.2) is 0 Å². The second-order valence-corrected chi connectivity index (χ2v) is 8.81. The van der Waals surface area contributed by atoms with Gasteiger partial charge in [0.1, 0.15) is 0 Å². The maximum absolute atomic E-state index is 4.63. The van der Waals surface area contributed by atoms with Crippen molar-refractivity contribution < 1.29 is 0 Å². The molecule has 1 aliphatic rings. The average Bonchev–Trinajstić information content (AvgIpc) is 3.04. The lowest BCUT2D eigenvalue weighted by molar-refractivity contribution is 0.763. The van der Waals surface area contributed by atoms with E-state index in [-0.39, 0.29) is 5.41 Å². The number of benzene rings is 4. The molecule has 0 unspecified atom stereocenters. The number of aryl methyl sites for hydroxylation is 2. The molecule has 4 aromatic rings. The summed E-state index contributed by atoms with van der Waals surface area (Å²) in [5.41, 5.74) is 9.85. The second kappa shape index (κ2) is 6.83. The van der Waals surface area contributed by atoms with Gasteiger partial charge in [-0.2, -0.15) is 0 Å². The van der Waals surface area contributed by atoms with E-state index in [1.165, 1.54) is 44.5 Å². The van der Waals surface area contributed by atoms with E-state index >= 15 is 0 Å². The standard InChI is InChI=1S/C27H22S2/c1-17-15-19(11-13-25(17)28)27(20-12-14-26(29)18(2)16-20)23-9-5-3-7-21(23)22-8-4-6-10-24(22)27/h3-16,28-29H,1-2H3. The normalized spacial score (nSPS) is 13.8. The van der Waals surface area contributed by atoms with Crippen LogP contribution in [0.2, 0.25) is 0 Å². The topological polar surface area (TPSA) is 0 Å². The van der Waals surface area contributed by atoms with Crippen molar-refractivity contribution in [3.05, 3.63) is 118 Å². The van der Waals surface area contributed by atoms with E-state index in [9.17, 15) is 0 Å². The molecule has 0 saturated heterocycles. The predicted molar refractivity (Wildman–Crippen MR) is 128 cm³/mol. The summed E-state index contributed by atoms with van der Waals surface area (Å²) in [6.07, 6.45) is 0. The molecule has 0 bridgehead atoms. The number of hydrogen-bond donors (Lipinski definition) is 2. The molecule has 29 heavy (non-hydrogen) atoms. The van der Waals surface area contributed by atoms with Crippen LogP contribution in [0, 0.1) is 13.8 Å². The smallest absolute Gasteiger partial charge is 0.0713 e. The highest BCUT2D eigenvalue weighted by atomic mass is 32.1. The highest BCUT2D eigenvalue weighted by molar-refractivity contribution is 7.80. The molecule has 5 rings (SSSR count). The number of thiol groups is 2. The Hall–Kier alpha value is -2.42. The van der Waals surface area contributed by atoms with Crippen molar-refractivity contribution in [1.82, 2.24) is 0 Å². The Bertz CT molecular complexity index is 1150. The number of rotatable bonds is 2. The van der Waals surface area contributed by atoms with E-state index in [4.69, 9.17) is 0 Å². The summed E-state index contributed by atoms with van der Waals surface area (Å²) in [4.78, 5) is 2.04. The molecule has 0 heterocycles. The summed E-state index contributed by atoms with van der Waals surface area (Å²) in [6.45, 7) is 4.27. The highest BCUT2D eigenvalue weighted by Gasteiger charge is 2.46. The zero-order valence-corrected chi connectivity index (χ0v) is 18.3. The first-order valence-electron chi connectivity index (χ1n) is 9.83. The number of fused-ring (bicyclic) bond motifs is 3. The molecular weight excluding hydrogens is 388 g/mol. The maximum atomic E-state index is 4.63. The lowest BCUT2D eigenvalue weighted by Gasteiger charge is -2.34. The van der Waals surface area contributed by atoms with E-state index in [1.54, 1.807) is 0 Å². The van der Waals surface area contributed by atoms with Crippen LogP contribution < -0.4 is 0 Å². The summed E-state index contributed by atoms with van der Waals surface area (Å²) in [6, 6.07) is 30.9. The summed E-state index contributed by atoms with van der Waals surface area (Å²) < 4.78 is 0. The van der Waals surface area contributed by atoms with Crippen LogP contribution in [0.25, 0.3) is 11.1 Å². The van der Waals surface area contributed by atoms with Gasteiger partial charge in [0, 0.05) is 9.79 Å². The third-order valence-electron chi connectivity index (χ3n) is 6.21. The lowest BCUT2D eigenvalue weighted by Crippen LogP contribution is -2.28. The van der Waals surface area contributed by atoms with E-state index in [0.717, 1.165) is 9.79 Å². The third-order valence-corrected chi connectivity index (χ3v) is 7.22. The largest absolute Gasteiger partial charge is 0.143 e. The molecule has 1 aliphatic carbocycles. The fourth-order valence-electron chi connectivity index (χ4n) is 4.80. The Labute approximate surface area is 183 Å². The van der Waals surface area contributed by atoms with Crippen molar-refractivity contribution in [2.45, 2.75) is 29.1 Å². The van der Waals surface area contributed by atoms with Gasteiger partial charge in [0.15, 0.2) is 0 Å². The second-order valence-electron chi connectivity index (χ2n) is 7.84. The molecule has 0 atom stereocenters. The van der Waals surface area contributed by atoms with Gasteiger partial charge in [0.05, 0.1) is 5.41 Å². The maximum Gasteiger partial charge on any atom is 0.0713 e. The summed E-state index contributed by atoms with van der Waals surface area (Å²) in [5, 5.41) is 0. The number of hydrogen-bond acceptors (Lipinski definition) is 2. The first-order valence-corrected chi connectivity index (χ1v) is 10.7. The average molecular weight is 411 g/mol. The molecule has 4 aromatic carbocycles. The van der Waals surface area contributed by atoms with Crippen molar-refractivity contribution in [3.8, 4) is 11.1 Å². The molecule has 0 saturated carbocycles. The third kappa shape index (κ3) is 2.63. The summed E-state index contributed by atoms with van der Waals surface area (Å²) in [5.74, 6) is 0. The molecule has 0 fully saturated rings. The minimum absolute atomic E-state index is 0.355. The van der Waals surface area contributed by atoms with E-state index in [2.05, 4.69) is 124 Å². The van der Waals surface area contributed by atoms with Crippen LogP contribution in [-0.2, 0) is 5.41 Å². The van der Waals surface area contributed by atoms with E-state index in [1.807, 2.05) is 0 Å².